The third-order valence-electron chi connectivity index (χ3n) is 8.23. The van der Waals surface area contributed by atoms with E-state index in [9.17, 15) is 8.42 Å². The van der Waals surface area contributed by atoms with Crippen LogP contribution < -0.4 is 10.1 Å². The third kappa shape index (κ3) is 7.65. The van der Waals surface area contributed by atoms with Gasteiger partial charge in [-0.2, -0.15) is 9.29 Å². The summed E-state index contributed by atoms with van der Waals surface area (Å²) in [5, 5.41) is 7.56. The van der Waals surface area contributed by atoms with Crippen molar-refractivity contribution in [3.63, 3.8) is 0 Å². The Kier molecular flexibility index (Phi) is 9.75. The molecule has 1 aliphatic heterocycles. The fourth-order valence-electron chi connectivity index (χ4n) is 5.37. The minimum absolute atomic E-state index is 0.0242. The van der Waals surface area contributed by atoms with Crippen molar-refractivity contribution < 1.29 is 22.3 Å². The van der Waals surface area contributed by atoms with Crippen LogP contribution >= 0.6 is 0 Å². The number of methoxy groups -OCH3 is 1. The van der Waals surface area contributed by atoms with Crippen LogP contribution in [0.4, 0.5) is 16.0 Å². The SMILES string of the molecule is COc1cc(-c2cc(F)cc(C3CC3)c2Nc2nc(S(=O)(=O)N3CCC(N(C)C)CC3)nn2COCC[Si](C)(C)C)ccn1. The summed E-state index contributed by atoms with van der Waals surface area (Å²) in [6, 6.07) is 7.81. The molecule has 0 unspecified atom stereocenters. The zero-order valence-electron chi connectivity index (χ0n) is 26.5. The quantitative estimate of drug-likeness (QED) is 0.199. The molecule has 3 heterocycles. The molecule has 1 N–H and O–H groups in total. The van der Waals surface area contributed by atoms with Gasteiger partial charge in [-0.1, -0.05) is 19.6 Å². The van der Waals surface area contributed by atoms with E-state index in [-0.39, 0.29) is 29.6 Å². The van der Waals surface area contributed by atoms with Gasteiger partial charge in [0.15, 0.2) is 0 Å². The minimum atomic E-state index is -3.95. The first-order valence-electron chi connectivity index (χ1n) is 15.2. The van der Waals surface area contributed by atoms with Gasteiger partial charge in [0.05, 0.1) is 12.8 Å². The van der Waals surface area contributed by atoms with E-state index in [0.29, 0.717) is 48.4 Å². The molecule has 0 spiro atoms. The number of ether oxygens (including phenoxy) is 2. The lowest BCUT2D eigenvalue weighted by atomic mass is 9.98. The lowest BCUT2D eigenvalue weighted by Crippen LogP contribution is -2.44. The maximum absolute atomic E-state index is 15.0. The van der Waals surface area contributed by atoms with E-state index in [1.807, 2.05) is 14.1 Å². The molecule has 1 aliphatic carbocycles. The number of hydrogen-bond donors (Lipinski definition) is 1. The molecule has 0 bridgehead atoms. The Labute approximate surface area is 260 Å². The highest BCUT2D eigenvalue weighted by atomic mass is 32.2. The number of aromatic nitrogens is 4. The fraction of sp³-hybridized carbons (Fsp3) is 0.567. The highest BCUT2D eigenvalue weighted by Crippen LogP contribution is 2.47. The first-order chi connectivity index (χ1) is 20.9. The van der Waals surface area contributed by atoms with Crippen molar-refractivity contribution in [2.24, 2.45) is 0 Å². The summed E-state index contributed by atoms with van der Waals surface area (Å²) in [4.78, 5) is 10.9. The minimum Gasteiger partial charge on any atom is -0.481 e. The summed E-state index contributed by atoms with van der Waals surface area (Å²) in [6.45, 7) is 8.16. The first kappa shape index (κ1) is 32.5. The zero-order valence-corrected chi connectivity index (χ0v) is 28.3. The lowest BCUT2D eigenvalue weighted by molar-refractivity contribution is 0.0791. The van der Waals surface area contributed by atoms with Gasteiger partial charge >= 0.3 is 0 Å². The van der Waals surface area contributed by atoms with E-state index < -0.39 is 18.1 Å². The number of piperidine rings is 1. The predicted molar refractivity (Wildman–Crippen MR) is 171 cm³/mol. The molecule has 44 heavy (non-hydrogen) atoms. The van der Waals surface area contributed by atoms with Gasteiger partial charge < -0.3 is 19.7 Å². The molecule has 0 atom stereocenters. The number of pyridine rings is 1. The van der Waals surface area contributed by atoms with E-state index in [0.717, 1.165) is 37.3 Å². The van der Waals surface area contributed by atoms with Crippen LogP contribution in [0.2, 0.25) is 25.7 Å². The summed E-state index contributed by atoms with van der Waals surface area (Å²) >= 11 is 0. The molecule has 2 aliphatic rings. The number of halogens is 1. The molecule has 5 rings (SSSR count). The van der Waals surface area contributed by atoms with Crippen LogP contribution in [0.3, 0.4) is 0 Å². The normalized spacial score (nSPS) is 16.9. The van der Waals surface area contributed by atoms with E-state index >= 15 is 4.39 Å². The fourth-order valence-corrected chi connectivity index (χ4v) is 7.45. The van der Waals surface area contributed by atoms with Crippen molar-refractivity contribution in [1.82, 2.24) is 29.0 Å². The van der Waals surface area contributed by atoms with E-state index in [1.165, 1.54) is 22.2 Å². The lowest BCUT2D eigenvalue weighted by Gasteiger charge is -2.33. The number of nitrogens with one attached hydrogen (secondary N) is 1. The number of benzene rings is 1. The van der Waals surface area contributed by atoms with Crippen LogP contribution in [0.1, 0.15) is 37.2 Å². The average Bonchev–Trinajstić information content (AvgIpc) is 3.75. The van der Waals surface area contributed by atoms with Gasteiger partial charge in [0.25, 0.3) is 15.2 Å². The van der Waals surface area contributed by atoms with Crippen molar-refractivity contribution in [2.75, 3.05) is 46.2 Å². The third-order valence-corrected chi connectivity index (χ3v) is 11.6. The Bertz CT molecular complexity index is 1570. The Morgan fingerprint density at radius 1 is 1.11 bits per heavy atom. The highest BCUT2D eigenvalue weighted by molar-refractivity contribution is 7.89. The summed E-state index contributed by atoms with van der Waals surface area (Å²) in [6.07, 6.45) is 4.95. The molecular weight excluding hydrogens is 602 g/mol. The van der Waals surface area contributed by atoms with Gasteiger partial charge in [-0.05, 0) is 81.1 Å². The average molecular weight is 646 g/mol. The van der Waals surface area contributed by atoms with Gasteiger partial charge in [-0.15, -0.1) is 5.10 Å². The van der Waals surface area contributed by atoms with Crippen molar-refractivity contribution in [2.45, 2.75) is 75.2 Å². The molecule has 11 nitrogen and oxygen atoms in total. The summed E-state index contributed by atoms with van der Waals surface area (Å²) in [5.74, 6) is 0.441. The molecule has 2 aromatic heterocycles. The first-order valence-corrected chi connectivity index (χ1v) is 20.3. The van der Waals surface area contributed by atoms with Gasteiger partial charge in [0, 0.05) is 51.6 Å². The summed E-state index contributed by atoms with van der Waals surface area (Å²) in [7, 11) is 0.259. The molecule has 240 valence electrons. The van der Waals surface area contributed by atoms with Crippen LogP contribution in [0.5, 0.6) is 5.88 Å². The van der Waals surface area contributed by atoms with E-state index in [4.69, 9.17) is 9.47 Å². The Hall–Kier alpha value is -2.91. The second kappa shape index (κ2) is 13.2. The van der Waals surface area contributed by atoms with Crippen molar-refractivity contribution in [1.29, 1.82) is 0 Å². The van der Waals surface area contributed by atoms with Crippen LogP contribution in [-0.2, 0) is 21.5 Å². The van der Waals surface area contributed by atoms with Crippen LogP contribution in [0, 0.1) is 5.82 Å². The largest absolute Gasteiger partial charge is 0.481 e. The molecular formula is C30H44FN7O4SSi. The monoisotopic (exact) mass is 645 g/mol. The molecule has 3 aromatic rings. The Morgan fingerprint density at radius 2 is 1.84 bits per heavy atom. The van der Waals surface area contributed by atoms with Gasteiger partial charge in [0.2, 0.25) is 11.8 Å². The molecule has 1 saturated carbocycles. The van der Waals surface area contributed by atoms with Crippen molar-refractivity contribution in [3.8, 4) is 17.0 Å². The standard InChI is InChI=1S/C30H44FN7O4SSi/c1-36(2)24-10-13-37(14-11-24)43(39,40)30-34-29(38(35-30)20-42-15-16-44(4,5)6)33-28-25(21-7-8-21)18-23(31)19-26(28)22-9-12-32-27(17-22)41-3/h9,12,17-19,21,24H,7-8,10-11,13-16,20H2,1-6H3,(H,33,34,35). The molecule has 0 radical (unpaired) electrons. The second-order valence-electron chi connectivity index (χ2n) is 13.1. The molecule has 14 heteroatoms. The number of nitrogens with zero attached hydrogens (tertiary/aromatic N) is 6. The molecule has 1 aromatic carbocycles. The van der Waals surface area contributed by atoms with Gasteiger partial charge in [-0.25, -0.2) is 22.5 Å². The van der Waals surface area contributed by atoms with E-state index in [1.54, 1.807) is 24.4 Å². The predicted octanol–water partition coefficient (Wildman–Crippen LogP) is 5.14. The van der Waals surface area contributed by atoms with Gasteiger partial charge in [0.1, 0.15) is 12.5 Å². The molecule has 1 saturated heterocycles. The van der Waals surface area contributed by atoms with Crippen LogP contribution in [0.15, 0.2) is 35.6 Å². The number of rotatable bonds is 13. The topological polar surface area (TPSA) is 115 Å². The van der Waals surface area contributed by atoms with E-state index in [2.05, 4.69) is 44.9 Å². The Morgan fingerprint density at radius 3 is 2.48 bits per heavy atom. The van der Waals surface area contributed by atoms with Gasteiger partial charge in [-0.3, -0.25) is 0 Å². The maximum atomic E-state index is 15.0. The number of sulfonamides is 1. The zero-order chi connectivity index (χ0) is 31.6. The second-order valence-corrected chi connectivity index (χ2v) is 20.5. The maximum Gasteiger partial charge on any atom is 0.284 e. The van der Waals surface area contributed by atoms with Crippen molar-refractivity contribution in [3.05, 3.63) is 41.8 Å². The Balaban J connectivity index is 1.52. The molecule has 2 fully saturated rings. The van der Waals surface area contributed by atoms with Crippen molar-refractivity contribution >= 4 is 29.7 Å². The van der Waals surface area contributed by atoms with Crippen LogP contribution in [-0.4, -0.2) is 92.4 Å². The summed E-state index contributed by atoms with van der Waals surface area (Å²) in [5.41, 5.74) is 2.75. The highest BCUT2D eigenvalue weighted by Gasteiger charge is 2.35. The number of hydrogen-bond acceptors (Lipinski definition) is 9. The molecule has 0 amide bonds. The smallest absolute Gasteiger partial charge is 0.284 e. The summed E-state index contributed by atoms with van der Waals surface area (Å²) < 4.78 is 56.8. The van der Waals surface area contributed by atoms with Crippen LogP contribution in [0.25, 0.3) is 11.1 Å². The number of anilines is 2.